The lowest BCUT2D eigenvalue weighted by atomic mass is 10.1. The zero-order valence-corrected chi connectivity index (χ0v) is 7.81. The number of hydrogen-bond acceptors (Lipinski definition) is 3. The molecule has 0 aliphatic heterocycles. The van der Waals surface area contributed by atoms with Gasteiger partial charge in [-0.2, -0.15) is 0 Å². The van der Waals surface area contributed by atoms with Crippen molar-refractivity contribution in [2.45, 2.75) is 0 Å². The Morgan fingerprint density at radius 3 is 2.47 bits per heavy atom. The molecule has 0 aliphatic rings. The Morgan fingerprint density at radius 1 is 1.27 bits per heavy atom. The molecule has 0 fully saturated rings. The molecule has 0 bridgehead atoms. The standard InChI is InChI=1S/C11H9NO3/c12-10-8(11(13)14)6-9(15-10)7-4-2-1-3-5-7/h1-6H,12H2,(H,13,14). The lowest BCUT2D eigenvalue weighted by Gasteiger charge is -1.93. The molecule has 0 unspecified atom stereocenters. The molecule has 0 aliphatic carbocycles. The van der Waals surface area contributed by atoms with Gasteiger partial charge in [0.2, 0.25) is 5.88 Å². The molecule has 0 amide bonds. The molecular formula is C11H9NO3. The van der Waals surface area contributed by atoms with E-state index in [1.54, 1.807) is 0 Å². The second-order valence-electron chi connectivity index (χ2n) is 3.06. The van der Waals surface area contributed by atoms with Gasteiger partial charge >= 0.3 is 5.97 Å². The molecule has 0 saturated carbocycles. The van der Waals surface area contributed by atoms with Gasteiger partial charge in [0.15, 0.2) is 0 Å². The monoisotopic (exact) mass is 203 g/mol. The van der Waals surface area contributed by atoms with E-state index in [0.717, 1.165) is 5.56 Å². The van der Waals surface area contributed by atoms with Gasteiger partial charge in [-0.1, -0.05) is 30.3 Å². The fraction of sp³-hybridized carbons (Fsp3) is 0. The number of rotatable bonds is 2. The van der Waals surface area contributed by atoms with Gasteiger partial charge in [-0.3, -0.25) is 0 Å². The van der Waals surface area contributed by atoms with Crippen molar-refractivity contribution in [2.24, 2.45) is 0 Å². The van der Waals surface area contributed by atoms with Gasteiger partial charge in [0, 0.05) is 11.6 Å². The van der Waals surface area contributed by atoms with E-state index in [1.165, 1.54) is 6.07 Å². The van der Waals surface area contributed by atoms with Crippen LogP contribution in [0.5, 0.6) is 0 Å². The van der Waals surface area contributed by atoms with Crippen LogP contribution < -0.4 is 5.73 Å². The summed E-state index contributed by atoms with van der Waals surface area (Å²) in [5.74, 6) is -0.690. The molecule has 0 spiro atoms. The Balaban J connectivity index is 2.48. The van der Waals surface area contributed by atoms with E-state index in [-0.39, 0.29) is 11.4 Å². The maximum Gasteiger partial charge on any atom is 0.341 e. The Kier molecular flexibility index (Phi) is 2.17. The maximum absolute atomic E-state index is 10.7. The summed E-state index contributed by atoms with van der Waals surface area (Å²) in [6, 6.07) is 10.6. The molecule has 0 atom stereocenters. The summed E-state index contributed by atoms with van der Waals surface area (Å²) in [6.07, 6.45) is 0. The number of benzene rings is 1. The topological polar surface area (TPSA) is 76.5 Å². The van der Waals surface area contributed by atoms with Crippen molar-refractivity contribution in [1.29, 1.82) is 0 Å². The summed E-state index contributed by atoms with van der Waals surface area (Å²) >= 11 is 0. The predicted octanol–water partition coefficient (Wildman–Crippen LogP) is 2.23. The summed E-state index contributed by atoms with van der Waals surface area (Å²) in [5, 5.41) is 8.79. The normalized spacial score (nSPS) is 10.1. The summed E-state index contributed by atoms with van der Waals surface area (Å²) in [4.78, 5) is 10.7. The Morgan fingerprint density at radius 2 is 1.93 bits per heavy atom. The van der Waals surface area contributed by atoms with Gasteiger partial charge in [-0.15, -0.1) is 0 Å². The fourth-order valence-corrected chi connectivity index (χ4v) is 1.32. The first-order valence-electron chi connectivity index (χ1n) is 4.36. The summed E-state index contributed by atoms with van der Waals surface area (Å²) < 4.78 is 5.16. The number of aromatic carboxylic acids is 1. The van der Waals surface area contributed by atoms with Crippen molar-refractivity contribution in [2.75, 3.05) is 5.73 Å². The van der Waals surface area contributed by atoms with E-state index < -0.39 is 5.97 Å². The number of nitrogen functional groups attached to an aromatic ring is 1. The van der Waals surface area contributed by atoms with Crippen LogP contribution in [0.25, 0.3) is 11.3 Å². The van der Waals surface area contributed by atoms with E-state index in [9.17, 15) is 4.79 Å². The molecule has 1 aromatic heterocycles. The van der Waals surface area contributed by atoms with Gasteiger partial charge in [-0.05, 0) is 0 Å². The van der Waals surface area contributed by atoms with Crippen molar-refractivity contribution in [1.82, 2.24) is 0 Å². The highest BCUT2D eigenvalue weighted by atomic mass is 16.4. The lowest BCUT2D eigenvalue weighted by molar-refractivity contribution is 0.0697. The minimum absolute atomic E-state index is 0.00569. The molecule has 2 aromatic rings. The summed E-state index contributed by atoms with van der Waals surface area (Å²) in [5.41, 5.74) is 6.23. The number of carboxylic acids is 1. The highest BCUT2D eigenvalue weighted by molar-refractivity contribution is 5.93. The first kappa shape index (κ1) is 9.33. The van der Waals surface area contributed by atoms with Crippen molar-refractivity contribution >= 4 is 11.9 Å². The molecule has 0 saturated heterocycles. The number of anilines is 1. The molecule has 0 radical (unpaired) electrons. The number of carboxylic acid groups (broad SMARTS) is 1. The van der Waals surface area contributed by atoms with Gasteiger partial charge in [0.1, 0.15) is 11.3 Å². The minimum atomic E-state index is -1.08. The van der Waals surface area contributed by atoms with Crippen LogP contribution in [0.4, 0.5) is 5.88 Å². The summed E-state index contributed by atoms with van der Waals surface area (Å²) in [6.45, 7) is 0. The SMILES string of the molecule is Nc1oc(-c2ccccc2)cc1C(=O)O. The molecule has 4 heteroatoms. The van der Waals surface area contributed by atoms with Crippen LogP contribution in [0.3, 0.4) is 0 Å². The van der Waals surface area contributed by atoms with E-state index >= 15 is 0 Å². The molecule has 1 heterocycles. The van der Waals surface area contributed by atoms with Crippen LogP contribution in [-0.4, -0.2) is 11.1 Å². The lowest BCUT2D eigenvalue weighted by Crippen LogP contribution is -1.97. The highest BCUT2D eigenvalue weighted by Crippen LogP contribution is 2.26. The Bertz CT molecular complexity index is 488. The molecule has 4 nitrogen and oxygen atoms in total. The molecular weight excluding hydrogens is 194 g/mol. The van der Waals surface area contributed by atoms with E-state index in [4.69, 9.17) is 15.3 Å². The maximum atomic E-state index is 10.7. The zero-order chi connectivity index (χ0) is 10.8. The van der Waals surface area contributed by atoms with Crippen molar-refractivity contribution in [3.8, 4) is 11.3 Å². The fourth-order valence-electron chi connectivity index (χ4n) is 1.32. The van der Waals surface area contributed by atoms with E-state index in [2.05, 4.69) is 0 Å². The first-order valence-corrected chi connectivity index (χ1v) is 4.36. The van der Waals surface area contributed by atoms with E-state index in [0.29, 0.717) is 5.76 Å². The largest absolute Gasteiger partial charge is 0.477 e. The molecule has 3 N–H and O–H groups in total. The Labute approximate surface area is 85.9 Å². The smallest absolute Gasteiger partial charge is 0.341 e. The number of hydrogen-bond donors (Lipinski definition) is 2. The van der Waals surface area contributed by atoms with Crippen molar-refractivity contribution in [3.63, 3.8) is 0 Å². The van der Waals surface area contributed by atoms with Gasteiger partial charge in [0.05, 0.1) is 0 Å². The third kappa shape index (κ3) is 1.69. The van der Waals surface area contributed by atoms with E-state index in [1.807, 2.05) is 30.3 Å². The minimum Gasteiger partial charge on any atom is -0.477 e. The molecule has 76 valence electrons. The molecule has 1 aromatic carbocycles. The van der Waals surface area contributed by atoms with Crippen LogP contribution in [0.2, 0.25) is 0 Å². The van der Waals surface area contributed by atoms with Crippen LogP contribution in [0.15, 0.2) is 40.8 Å². The second-order valence-corrected chi connectivity index (χ2v) is 3.06. The average Bonchev–Trinajstić information content (AvgIpc) is 2.62. The summed E-state index contributed by atoms with van der Waals surface area (Å²) in [7, 11) is 0. The third-order valence-corrected chi connectivity index (χ3v) is 2.05. The van der Waals surface area contributed by atoms with Crippen LogP contribution in [-0.2, 0) is 0 Å². The van der Waals surface area contributed by atoms with Crippen LogP contribution in [0.1, 0.15) is 10.4 Å². The number of nitrogens with two attached hydrogens (primary N) is 1. The van der Waals surface area contributed by atoms with Crippen LogP contribution >= 0.6 is 0 Å². The zero-order valence-electron chi connectivity index (χ0n) is 7.81. The average molecular weight is 203 g/mol. The highest BCUT2D eigenvalue weighted by Gasteiger charge is 2.15. The van der Waals surface area contributed by atoms with Gasteiger partial charge < -0.3 is 15.3 Å². The predicted molar refractivity (Wildman–Crippen MR) is 55.5 cm³/mol. The van der Waals surface area contributed by atoms with Gasteiger partial charge in [-0.25, -0.2) is 4.79 Å². The van der Waals surface area contributed by atoms with Crippen molar-refractivity contribution < 1.29 is 14.3 Å². The third-order valence-electron chi connectivity index (χ3n) is 2.05. The quantitative estimate of drug-likeness (QED) is 0.784. The number of furan rings is 1. The number of carbonyl (C=O) groups is 1. The van der Waals surface area contributed by atoms with Gasteiger partial charge in [0.25, 0.3) is 0 Å². The van der Waals surface area contributed by atoms with Crippen molar-refractivity contribution in [3.05, 3.63) is 42.0 Å². The second kappa shape index (κ2) is 3.49. The molecule has 15 heavy (non-hydrogen) atoms. The molecule has 2 rings (SSSR count). The Hall–Kier alpha value is -2.23. The van der Waals surface area contributed by atoms with Crippen LogP contribution in [0, 0.1) is 0 Å². The first-order chi connectivity index (χ1) is 7.18.